The van der Waals surface area contributed by atoms with Crippen LogP contribution in [-0.4, -0.2) is 5.92 Å². The molecule has 2 unspecified atom stereocenters. The van der Waals surface area contributed by atoms with Crippen LogP contribution >= 0.6 is 17.0 Å². The van der Waals surface area contributed by atoms with Crippen molar-refractivity contribution in [2.24, 2.45) is 5.92 Å². The fourth-order valence-electron chi connectivity index (χ4n) is 9.30. The first-order valence-corrected chi connectivity index (χ1v) is 34.0. The summed E-state index contributed by atoms with van der Waals surface area (Å²) in [6, 6.07) is 42.3. The fourth-order valence-corrected chi connectivity index (χ4v) is 41.5. The number of rotatable bonds is 6. The molecule has 0 fully saturated rings. The van der Waals surface area contributed by atoms with E-state index in [0.29, 0.717) is 5.92 Å². The van der Waals surface area contributed by atoms with Crippen LogP contribution in [-0.2, 0) is 15.6 Å². The van der Waals surface area contributed by atoms with Crippen molar-refractivity contribution in [1.29, 1.82) is 0 Å². The van der Waals surface area contributed by atoms with E-state index in [1.165, 1.54) is 82.8 Å². The zero-order chi connectivity index (χ0) is 34.3. The van der Waals surface area contributed by atoms with Crippen molar-refractivity contribution in [2.45, 2.75) is 48.0 Å². The Balaban J connectivity index is 1.37. The van der Waals surface area contributed by atoms with Crippen LogP contribution in [0.3, 0.4) is 0 Å². The van der Waals surface area contributed by atoms with E-state index in [4.69, 9.17) is 17.0 Å². The van der Waals surface area contributed by atoms with Gasteiger partial charge in [-0.2, -0.15) is 0 Å². The van der Waals surface area contributed by atoms with E-state index in [2.05, 4.69) is 168 Å². The van der Waals surface area contributed by atoms with Gasteiger partial charge in [-0.05, 0) is 0 Å². The first kappa shape index (κ1) is 33.2. The molecule has 0 aliphatic heterocycles. The summed E-state index contributed by atoms with van der Waals surface area (Å²) in [5, 5.41) is 5.08. The molecule has 49 heavy (non-hydrogen) atoms. The monoisotopic (exact) mass is 771 g/mol. The quantitative estimate of drug-likeness (QED) is 0.148. The molecule has 0 saturated carbocycles. The van der Waals surface area contributed by atoms with E-state index in [0.717, 1.165) is 0 Å². The summed E-state index contributed by atoms with van der Waals surface area (Å²) in [5.41, 5.74) is 14.5. The summed E-state index contributed by atoms with van der Waals surface area (Å²) in [6.45, 7) is 14.2. The van der Waals surface area contributed by atoms with Gasteiger partial charge >= 0.3 is 303 Å². The third-order valence-electron chi connectivity index (χ3n) is 11.7. The first-order valence-electron chi connectivity index (χ1n) is 17.7. The van der Waals surface area contributed by atoms with Crippen molar-refractivity contribution >= 4 is 56.6 Å². The molecular weight excluding hydrogens is 731 g/mol. The third kappa shape index (κ3) is 4.92. The van der Waals surface area contributed by atoms with E-state index in [-0.39, 0.29) is 7.25 Å². The molecule has 4 heteroatoms. The topological polar surface area (TPSA) is 0 Å². The van der Waals surface area contributed by atoms with Crippen LogP contribution < -0.4 is 0 Å². The van der Waals surface area contributed by atoms with Gasteiger partial charge in [0.2, 0.25) is 0 Å². The van der Waals surface area contributed by atoms with Crippen LogP contribution in [0, 0.1) is 12.8 Å². The molecule has 0 amide bonds. The second-order valence-corrected chi connectivity index (χ2v) is 57.6. The molecule has 8 rings (SSSR count). The number of hydrogen-bond acceptors (Lipinski definition) is 0. The standard InChI is InChI=1S/C22H19.C21H17.C2H7Si.2ClH.Zr/c1-15(2)18-13-17-9-6-12-21(22(17)14-18)20-11-5-8-16-7-3-4-10-19(16)20;1-14-12-20-15(2)10-11-19(21(20)13-14)18-9-5-7-16-6-3-4-8-17(16)18;1-3-2;;;/h3-15H,1-2H3;3-13H,1-2H3;3H,1-2H3;2*1H;/q;;;;;+2/p-2. The molecule has 2 atom stereocenters. The van der Waals surface area contributed by atoms with Crippen LogP contribution in [0.2, 0.25) is 13.1 Å². The minimum atomic E-state index is -4.91. The van der Waals surface area contributed by atoms with E-state index >= 15 is 0 Å². The van der Waals surface area contributed by atoms with Crippen LogP contribution in [0.5, 0.6) is 0 Å². The fraction of sp³-hybridized carbons (Fsp3) is 0.200. The molecule has 245 valence electrons. The average Bonchev–Trinajstić information content (AvgIpc) is 3.68. The second kappa shape index (κ2) is 12.1. The number of aryl methyl sites for hydroxylation is 1. The molecule has 0 heterocycles. The van der Waals surface area contributed by atoms with Gasteiger partial charge in [-0.1, -0.05) is 0 Å². The predicted molar refractivity (Wildman–Crippen MR) is 216 cm³/mol. The molecular formula is C45H43Cl2SiZr. The number of benzene rings is 6. The van der Waals surface area contributed by atoms with Gasteiger partial charge in [0.15, 0.2) is 0 Å². The van der Waals surface area contributed by atoms with Gasteiger partial charge in [-0.15, -0.1) is 0 Å². The van der Waals surface area contributed by atoms with Crippen LogP contribution in [0.1, 0.15) is 55.8 Å². The van der Waals surface area contributed by atoms with E-state index < -0.39 is 21.5 Å². The van der Waals surface area contributed by atoms with Gasteiger partial charge in [-0.25, -0.2) is 0 Å². The maximum absolute atomic E-state index is 8.75. The summed E-state index contributed by atoms with van der Waals surface area (Å²) in [6.07, 6.45) is 4.94. The van der Waals surface area contributed by atoms with Gasteiger partial charge in [0.1, 0.15) is 0 Å². The van der Waals surface area contributed by atoms with Gasteiger partial charge < -0.3 is 0 Å². The van der Waals surface area contributed by atoms with Crippen LogP contribution in [0.4, 0.5) is 0 Å². The summed E-state index contributed by atoms with van der Waals surface area (Å²) < 4.78 is 0.113. The molecule has 6 aromatic carbocycles. The van der Waals surface area contributed by atoms with Gasteiger partial charge in [0.25, 0.3) is 0 Å². The zero-order valence-electron chi connectivity index (χ0n) is 29.2. The molecule has 0 N–H and O–H groups in total. The van der Waals surface area contributed by atoms with Crippen molar-refractivity contribution in [1.82, 2.24) is 0 Å². The molecule has 6 aromatic rings. The Morgan fingerprint density at radius 3 is 1.69 bits per heavy atom. The molecule has 0 spiro atoms. The van der Waals surface area contributed by atoms with Gasteiger partial charge in [0, 0.05) is 0 Å². The average molecular weight is 774 g/mol. The van der Waals surface area contributed by atoms with E-state index in [1.807, 2.05) is 0 Å². The van der Waals surface area contributed by atoms with E-state index in [1.54, 1.807) is 0 Å². The molecule has 2 aliphatic carbocycles. The molecule has 0 aromatic heterocycles. The maximum atomic E-state index is 8.75. The summed E-state index contributed by atoms with van der Waals surface area (Å²) in [4.78, 5) is 0. The number of allylic oxidation sites excluding steroid dienone is 2. The SMILES string of the molecule is CC1=Cc2c(-c3cccc4ccccc34)ccc(C)c2[CH]1[Zr]([Cl])([Cl])([CH]1C(C(C)C)=Cc2c(-c3cccc4ccccc34)cccc21)[SiH](C)C. The minimum absolute atomic E-state index is 0.0562. The Morgan fingerprint density at radius 2 is 1.10 bits per heavy atom. The van der Waals surface area contributed by atoms with Crippen molar-refractivity contribution < 1.29 is 15.6 Å². The van der Waals surface area contributed by atoms with Crippen molar-refractivity contribution in [3.63, 3.8) is 0 Å². The van der Waals surface area contributed by atoms with Crippen molar-refractivity contribution in [3.05, 3.63) is 154 Å². The Kier molecular flexibility index (Phi) is 8.16. The molecule has 0 nitrogen and oxygen atoms in total. The second-order valence-electron chi connectivity index (χ2n) is 15.1. The normalized spacial score (nSPS) is 18.0. The Labute approximate surface area is 300 Å². The zero-order valence-corrected chi connectivity index (χ0v) is 34.3. The summed E-state index contributed by atoms with van der Waals surface area (Å²) in [5.74, 6) is -1.36. The third-order valence-corrected chi connectivity index (χ3v) is 63.7. The number of hydrogen-bond donors (Lipinski definition) is 0. The van der Waals surface area contributed by atoms with Crippen LogP contribution in [0.25, 0.3) is 56.0 Å². The van der Waals surface area contributed by atoms with E-state index in [9.17, 15) is 0 Å². The Morgan fingerprint density at radius 1 is 0.571 bits per heavy atom. The van der Waals surface area contributed by atoms with Gasteiger partial charge in [0.05, 0.1) is 0 Å². The van der Waals surface area contributed by atoms with Crippen molar-refractivity contribution in [3.8, 4) is 22.3 Å². The Hall–Kier alpha value is -3.00. The summed E-state index contributed by atoms with van der Waals surface area (Å²) >= 11 is -4.91. The summed E-state index contributed by atoms with van der Waals surface area (Å²) in [7, 11) is 17.5. The number of fused-ring (bicyclic) bond motifs is 4. The molecule has 0 bridgehead atoms. The van der Waals surface area contributed by atoms with Crippen molar-refractivity contribution in [2.75, 3.05) is 0 Å². The first-order chi connectivity index (χ1) is 23.5. The van der Waals surface area contributed by atoms with Gasteiger partial charge in [-0.3, -0.25) is 0 Å². The predicted octanol–water partition coefficient (Wildman–Crippen LogP) is 13.9. The Bertz CT molecular complexity index is 2370. The molecule has 0 saturated heterocycles. The van der Waals surface area contributed by atoms with Crippen LogP contribution in [0.15, 0.2) is 126 Å². The molecule has 0 radical (unpaired) electrons. The number of halogens is 2. The molecule has 2 aliphatic rings.